The van der Waals surface area contributed by atoms with Crippen molar-refractivity contribution in [1.82, 2.24) is 4.98 Å². The fourth-order valence-corrected chi connectivity index (χ4v) is 4.64. The van der Waals surface area contributed by atoms with E-state index in [9.17, 15) is 14.4 Å². The highest BCUT2D eigenvalue weighted by molar-refractivity contribution is 7.17. The molecule has 2 amide bonds. The van der Waals surface area contributed by atoms with Gasteiger partial charge in [0.15, 0.2) is 10.9 Å². The SMILES string of the molecule is CC1(C)CC(=O)c2sc(NC(=O)[C@H]3CC(=O)N(c4ccccc4)C3)nc2C1. The summed E-state index contributed by atoms with van der Waals surface area (Å²) in [7, 11) is 0. The van der Waals surface area contributed by atoms with Crippen LogP contribution in [0.15, 0.2) is 30.3 Å². The molecule has 0 saturated carbocycles. The van der Waals surface area contributed by atoms with E-state index < -0.39 is 5.92 Å². The molecule has 1 fully saturated rings. The maximum Gasteiger partial charge on any atom is 0.231 e. The number of ketones is 1. The molecule has 0 unspecified atom stereocenters. The van der Waals surface area contributed by atoms with Gasteiger partial charge in [-0.2, -0.15) is 0 Å². The molecule has 140 valence electrons. The first-order chi connectivity index (χ1) is 12.8. The Kier molecular flexibility index (Phi) is 4.34. The zero-order valence-electron chi connectivity index (χ0n) is 15.3. The molecule has 7 heteroatoms. The molecule has 1 aliphatic carbocycles. The number of hydrogen-bond acceptors (Lipinski definition) is 5. The third-order valence-electron chi connectivity index (χ3n) is 5.03. The van der Waals surface area contributed by atoms with Gasteiger partial charge in [-0.15, -0.1) is 0 Å². The fourth-order valence-electron chi connectivity index (χ4n) is 3.72. The molecule has 1 N–H and O–H groups in total. The highest BCUT2D eigenvalue weighted by atomic mass is 32.1. The molecule has 2 aromatic rings. The van der Waals surface area contributed by atoms with Crippen molar-refractivity contribution in [2.75, 3.05) is 16.8 Å². The molecule has 0 spiro atoms. The van der Waals surface area contributed by atoms with Gasteiger partial charge in [0.1, 0.15) is 0 Å². The van der Waals surface area contributed by atoms with E-state index in [1.807, 2.05) is 44.2 Å². The molecule has 0 radical (unpaired) electrons. The molecule has 1 aromatic heterocycles. The number of anilines is 2. The van der Waals surface area contributed by atoms with Crippen LogP contribution in [0.4, 0.5) is 10.8 Å². The first kappa shape index (κ1) is 17.9. The van der Waals surface area contributed by atoms with E-state index in [4.69, 9.17) is 0 Å². The van der Waals surface area contributed by atoms with Crippen LogP contribution in [-0.4, -0.2) is 29.1 Å². The first-order valence-corrected chi connectivity index (χ1v) is 9.83. The Morgan fingerprint density at radius 3 is 2.70 bits per heavy atom. The number of aromatic nitrogens is 1. The number of nitrogens with one attached hydrogen (secondary N) is 1. The van der Waals surface area contributed by atoms with E-state index in [-0.39, 0.29) is 29.4 Å². The lowest BCUT2D eigenvalue weighted by atomic mass is 9.78. The normalized spacial score (nSPS) is 21.3. The van der Waals surface area contributed by atoms with E-state index in [1.54, 1.807) is 4.90 Å². The van der Waals surface area contributed by atoms with Crippen molar-refractivity contribution in [3.05, 3.63) is 40.9 Å². The van der Waals surface area contributed by atoms with E-state index >= 15 is 0 Å². The number of hydrogen-bond donors (Lipinski definition) is 1. The molecule has 1 saturated heterocycles. The van der Waals surface area contributed by atoms with Gasteiger partial charge in [0, 0.05) is 25.1 Å². The third kappa shape index (κ3) is 3.51. The number of amides is 2. The average Bonchev–Trinajstić information content (AvgIpc) is 3.18. The quantitative estimate of drug-likeness (QED) is 0.882. The van der Waals surface area contributed by atoms with Gasteiger partial charge in [0.05, 0.1) is 16.5 Å². The summed E-state index contributed by atoms with van der Waals surface area (Å²) in [5, 5.41) is 3.26. The molecule has 6 nitrogen and oxygen atoms in total. The van der Waals surface area contributed by atoms with Crippen LogP contribution in [0.25, 0.3) is 0 Å². The highest BCUT2D eigenvalue weighted by Gasteiger charge is 2.37. The number of carbonyl (C=O) groups excluding carboxylic acids is 3. The number of thiazole rings is 1. The van der Waals surface area contributed by atoms with Gasteiger partial charge in [-0.1, -0.05) is 43.4 Å². The van der Waals surface area contributed by atoms with Crippen LogP contribution in [0, 0.1) is 11.3 Å². The summed E-state index contributed by atoms with van der Waals surface area (Å²) in [4.78, 5) is 44.0. The lowest BCUT2D eigenvalue weighted by Crippen LogP contribution is -2.28. The van der Waals surface area contributed by atoms with Crippen molar-refractivity contribution < 1.29 is 14.4 Å². The molecule has 4 rings (SSSR count). The molecule has 1 aromatic carbocycles. The molecule has 2 aliphatic rings. The molecule has 27 heavy (non-hydrogen) atoms. The van der Waals surface area contributed by atoms with E-state index in [1.165, 1.54) is 11.3 Å². The molecule has 0 bridgehead atoms. The maximum absolute atomic E-state index is 12.7. The van der Waals surface area contributed by atoms with Crippen molar-refractivity contribution in [3.63, 3.8) is 0 Å². The number of nitrogens with zero attached hydrogens (tertiary/aromatic N) is 2. The Morgan fingerprint density at radius 1 is 1.22 bits per heavy atom. The van der Waals surface area contributed by atoms with Crippen LogP contribution in [0.1, 0.15) is 42.1 Å². The second-order valence-corrected chi connectivity index (χ2v) is 8.97. The summed E-state index contributed by atoms with van der Waals surface area (Å²) >= 11 is 1.24. The summed E-state index contributed by atoms with van der Waals surface area (Å²) in [6.07, 6.45) is 1.40. The highest BCUT2D eigenvalue weighted by Crippen LogP contribution is 2.38. The lowest BCUT2D eigenvalue weighted by molar-refractivity contribution is -0.122. The van der Waals surface area contributed by atoms with Crippen LogP contribution >= 0.6 is 11.3 Å². The first-order valence-electron chi connectivity index (χ1n) is 9.01. The lowest BCUT2D eigenvalue weighted by Gasteiger charge is -2.26. The minimum absolute atomic E-state index is 0.0586. The number of Topliss-reactive ketones (excluding diaryl/α,β-unsaturated/α-hetero) is 1. The largest absolute Gasteiger partial charge is 0.312 e. The van der Waals surface area contributed by atoms with Gasteiger partial charge < -0.3 is 10.2 Å². The Balaban J connectivity index is 1.46. The van der Waals surface area contributed by atoms with E-state index in [0.29, 0.717) is 23.0 Å². The Bertz CT molecular complexity index is 920. The number of rotatable bonds is 3. The average molecular weight is 383 g/mol. The molecule has 1 aliphatic heterocycles. The Hall–Kier alpha value is -2.54. The fraction of sp³-hybridized carbons (Fsp3) is 0.400. The predicted octanol–water partition coefficient (Wildman–Crippen LogP) is 3.29. The summed E-state index contributed by atoms with van der Waals surface area (Å²) in [6, 6.07) is 9.35. The Labute approximate surface area is 161 Å². The summed E-state index contributed by atoms with van der Waals surface area (Å²) < 4.78 is 0. The van der Waals surface area contributed by atoms with Crippen molar-refractivity contribution in [2.24, 2.45) is 11.3 Å². The zero-order valence-corrected chi connectivity index (χ0v) is 16.1. The van der Waals surface area contributed by atoms with Gasteiger partial charge in [0.25, 0.3) is 0 Å². The van der Waals surface area contributed by atoms with Crippen LogP contribution in [0.5, 0.6) is 0 Å². The summed E-state index contributed by atoms with van der Waals surface area (Å²) in [6.45, 7) is 4.45. The zero-order chi connectivity index (χ0) is 19.2. The van der Waals surface area contributed by atoms with Crippen molar-refractivity contribution in [2.45, 2.75) is 33.1 Å². The van der Waals surface area contributed by atoms with E-state index in [0.717, 1.165) is 17.8 Å². The van der Waals surface area contributed by atoms with Crippen molar-refractivity contribution >= 4 is 39.8 Å². The molecule has 1 atom stereocenters. The smallest absolute Gasteiger partial charge is 0.231 e. The standard InChI is InChI=1S/C20H21N3O3S/c1-20(2)9-14-17(15(24)10-20)27-19(21-14)22-18(26)12-8-16(25)23(11-12)13-6-4-3-5-7-13/h3-7,12H,8-11H2,1-2H3,(H,21,22,26)/t12-/m0/s1. The number of fused-ring (bicyclic) bond motifs is 1. The van der Waals surface area contributed by atoms with Gasteiger partial charge >= 0.3 is 0 Å². The molecule has 2 heterocycles. The van der Waals surface area contributed by atoms with Gasteiger partial charge in [-0.3, -0.25) is 14.4 Å². The van der Waals surface area contributed by atoms with Crippen molar-refractivity contribution in [3.8, 4) is 0 Å². The minimum atomic E-state index is -0.425. The minimum Gasteiger partial charge on any atom is -0.312 e. The topological polar surface area (TPSA) is 79.4 Å². The number of carbonyl (C=O) groups is 3. The Morgan fingerprint density at radius 2 is 1.96 bits per heavy atom. The third-order valence-corrected chi connectivity index (χ3v) is 6.08. The predicted molar refractivity (Wildman–Crippen MR) is 104 cm³/mol. The van der Waals surface area contributed by atoms with E-state index in [2.05, 4.69) is 10.3 Å². The number of benzene rings is 1. The van der Waals surface area contributed by atoms with Crippen LogP contribution in [-0.2, 0) is 16.0 Å². The summed E-state index contributed by atoms with van der Waals surface area (Å²) in [5.74, 6) is -0.618. The van der Waals surface area contributed by atoms with Crippen LogP contribution in [0.3, 0.4) is 0 Å². The molecular weight excluding hydrogens is 362 g/mol. The second-order valence-electron chi connectivity index (χ2n) is 7.97. The second kappa shape index (κ2) is 6.56. The van der Waals surface area contributed by atoms with Crippen LogP contribution in [0.2, 0.25) is 0 Å². The molecular formula is C20H21N3O3S. The maximum atomic E-state index is 12.7. The van der Waals surface area contributed by atoms with Crippen molar-refractivity contribution in [1.29, 1.82) is 0 Å². The van der Waals surface area contributed by atoms with Gasteiger partial charge in [-0.25, -0.2) is 4.98 Å². The number of para-hydroxylation sites is 1. The van der Waals surface area contributed by atoms with Gasteiger partial charge in [0.2, 0.25) is 11.8 Å². The monoisotopic (exact) mass is 383 g/mol. The van der Waals surface area contributed by atoms with Gasteiger partial charge in [-0.05, 0) is 24.0 Å². The van der Waals surface area contributed by atoms with Crippen LogP contribution < -0.4 is 10.2 Å². The summed E-state index contributed by atoms with van der Waals surface area (Å²) in [5.41, 5.74) is 1.47.